The average Bonchev–Trinajstić information content (AvgIpc) is 3.12. The van der Waals surface area contributed by atoms with Crippen molar-refractivity contribution in [3.05, 3.63) is 35.9 Å². The molecule has 1 aromatic carbocycles. The molecule has 1 saturated carbocycles. The first-order valence-electron chi connectivity index (χ1n) is 9.71. The first-order chi connectivity index (χ1) is 12.4. The summed E-state index contributed by atoms with van der Waals surface area (Å²) < 4.78 is 0. The number of benzene rings is 1. The van der Waals surface area contributed by atoms with E-state index in [0.29, 0.717) is 12.3 Å². The van der Waals surface area contributed by atoms with E-state index in [1.807, 2.05) is 32.0 Å². The fourth-order valence-corrected chi connectivity index (χ4v) is 4.72. The molecule has 0 spiro atoms. The molecule has 3 rings (SSSR count). The summed E-state index contributed by atoms with van der Waals surface area (Å²) in [5, 5.41) is 12.3. The monoisotopic (exact) mass is 358 g/mol. The molecule has 1 amide bonds. The van der Waals surface area contributed by atoms with Crippen molar-refractivity contribution in [3.8, 4) is 0 Å². The molecule has 1 saturated heterocycles. The van der Waals surface area contributed by atoms with E-state index < -0.39 is 17.4 Å². The Hall–Kier alpha value is -1.88. The fraction of sp³-hybridized carbons (Fsp3) is 0.619. The second-order valence-corrected chi connectivity index (χ2v) is 8.39. The van der Waals surface area contributed by atoms with E-state index in [9.17, 15) is 14.7 Å². The van der Waals surface area contributed by atoms with E-state index in [1.54, 1.807) is 0 Å². The van der Waals surface area contributed by atoms with E-state index in [1.165, 1.54) is 5.56 Å². The van der Waals surface area contributed by atoms with Crippen LogP contribution in [0.4, 0.5) is 0 Å². The lowest BCUT2D eigenvalue weighted by molar-refractivity contribution is -0.144. The van der Waals surface area contributed by atoms with E-state index in [4.69, 9.17) is 0 Å². The largest absolute Gasteiger partial charge is 0.480 e. The highest BCUT2D eigenvalue weighted by molar-refractivity contribution is 5.88. The highest BCUT2D eigenvalue weighted by Gasteiger charge is 2.54. The van der Waals surface area contributed by atoms with Crippen LogP contribution < -0.4 is 5.32 Å². The van der Waals surface area contributed by atoms with Crippen LogP contribution in [-0.2, 0) is 16.1 Å². The third kappa shape index (κ3) is 3.93. The van der Waals surface area contributed by atoms with Gasteiger partial charge >= 0.3 is 5.97 Å². The third-order valence-electron chi connectivity index (χ3n) is 5.95. The minimum atomic E-state index is -0.933. The Morgan fingerprint density at radius 2 is 2.04 bits per heavy atom. The Morgan fingerprint density at radius 3 is 2.69 bits per heavy atom. The number of hydrogen-bond donors (Lipinski definition) is 2. The van der Waals surface area contributed by atoms with Gasteiger partial charge in [0.25, 0.3) is 0 Å². The highest BCUT2D eigenvalue weighted by atomic mass is 16.4. The van der Waals surface area contributed by atoms with Crippen LogP contribution in [0, 0.1) is 17.3 Å². The molecule has 2 aliphatic rings. The molecule has 142 valence electrons. The maximum absolute atomic E-state index is 13.1. The first kappa shape index (κ1) is 18.9. The number of nitrogens with one attached hydrogen (secondary N) is 1. The van der Waals surface area contributed by atoms with Crippen molar-refractivity contribution in [1.29, 1.82) is 0 Å². The molecular weight excluding hydrogens is 328 g/mol. The summed E-state index contributed by atoms with van der Waals surface area (Å²) in [7, 11) is 0. The second kappa shape index (κ2) is 7.78. The van der Waals surface area contributed by atoms with Gasteiger partial charge in [0, 0.05) is 19.6 Å². The number of fused-ring (bicyclic) bond motifs is 1. The number of carbonyl (C=O) groups excluding carboxylic acids is 1. The second-order valence-electron chi connectivity index (χ2n) is 8.39. The minimum Gasteiger partial charge on any atom is -0.480 e. The molecule has 1 heterocycles. The van der Waals surface area contributed by atoms with Crippen LogP contribution in [0.15, 0.2) is 30.3 Å². The number of carboxylic acids is 1. The number of carboxylic acid groups (broad SMARTS) is 1. The van der Waals surface area contributed by atoms with Gasteiger partial charge in [0.15, 0.2) is 0 Å². The molecule has 0 radical (unpaired) electrons. The lowest BCUT2D eigenvalue weighted by Gasteiger charge is -2.30. The van der Waals surface area contributed by atoms with E-state index in [2.05, 4.69) is 22.3 Å². The molecule has 2 fully saturated rings. The van der Waals surface area contributed by atoms with Crippen LogP contribution in [-0.4, -0.2) is 41.0 Å². The first-order valence-corrected chi connectivity index (χ1v) is 9.71. The molecule has 1 aromatic rings. The zero-order valence-corrected chi connectivity index (χ0v) is 15.8. The lowest BCUT2D eigenvalue weighted by Crippen LogP contribution is -2.50. The fourth-order valence-electron chi connectivity index (χ4n) is 4.72. The SMILES string of the molecule is CC(C)C[C@@H](NC(=O)[C@@]12CCC[C@@H]1CN(Cc1ccccc1)C2)C(=O)O. The third-order valence-corrected chi connectivity index (χ3v) is 5.95. The normalized spacial score (nSPS) is 26.7. The molecule has 3 atom stereocenters. The highest BCUT2D eigenvalue weighted by Crippen LogP contribution is 2.49. The van der Waals surface area contributed by atoms with Gasteiger partial charge in [-0.15, -0.1) is 0 Å². The van der Waals surface area contributed by atoms with Crippen LogP contribution in [0.3, 0.4) is 0 Å². The Morgan fingerprint density at radius 1 is 1.31 bits per heavy atom. The van der Waals surface area contributed by atoms with Gasteiger partial charge in [0.05, 0.1) is 5.41 Å². The van der Waals surface area contributed by atoms with Crippen LogP contribution >= 0.6 is 0 Å². The van der Waals surface area contributed by atoms with Crippen molar-refractivity contribution in [1.82, 2.24) is 10.2 Å². The summed E-state index contributed by atoms with van der Waals surface area (Å²) in [6.07, 6.45) is 3.44. The topological polar surface area (TPSA) is 69.6 Å². The molecule has 5 heteroatoms. The molecular formula is C21H30N2O3. The quantitative estimate of drug-likeness (QED) is 0.786. The Labute approximate surface area is 155 Å². The maximum Gasteiger partial charge on any atom is 0.326 e. The predicted octanol–water partition coefficient (Wildman–Crippen LogP) is 2.90. The Balaban J connectivity index is 1.70. The van der Waals surface area contributed by atoms with Crippen LogP contribution in [0.5, 0.6) is 0 Å². The maximum atomic E-state index is 13.1. The minimum absolute atomic E-state index is 0.0522. The van der Waals surface area contributed by atoms with Gasteiger partial charge in [0.2, 0.25) is 5.91 Å². The molecule has 0 aromatic heterocycles. The summed E-state index contributed by atoms with van der Waals surface area (Å²) in [5.41, 5.74) is 0.839. The number of hydrogen-bond acceptors (Lipinski definition) is 3. The van der Waals surface area contributed by atoms with Crippen molar-refractivity contribution in [2.24, 2.45) is 17.3 Å². The van der Waals surface area contributed by atoms with Crippen molar-refractivity contribution < 1.29 is 14.7 Å². The molecule has 0 bridgehead atoms. The van der Waals surface area contributed by atoms with Crippen LogP contribution in [0.1, 0.15) is 45.1 Å². The van der Waals surface area contributed by atoms with Crippen LogP contribution in [0.2, 0.25) is 0 Å². The predicted molar refractivity (Wildman–Crippen MR) is 101 cm³/mol. The number of amides is 1. The van der Waals surface area contributed by atoms with Crippen LogP contribution in [0.25, 0.3) is 0 Å². The molecule has 0 unspecified atom stereocenters. The van der Waals surface area contributed by atoms with E-state index in [-0.39, 0.29) is 11.8 Å². The Bertz CT molecular complexity index is 646. The standard InChI is InChI=1S/C21H30N2O3/c1-15(2)11-18(19(24)25)22-20(26)21-10-6-9-17(21)13-23(14-21)12-16-7-4-3-5-8-16/h3-5,7-8,15,17-18H,6,9-14H2,1-2H3,(H,22,26)(H,24,25)/t17-,18-,21-/m1/s1. The van der Waals surface area contributed by atoms with Gasteiger partial charge in [-0.05, 0) is 36.7 Å². The number of nitrogens with zero attached hydrogens (tertiary/aromatic N) is 1. The number of aliphatic carboxylic acids is 1. The van der Waals surface area contributed by atoms with Gasteiger partial charge in [-0.2, -0.15) is 0 Å². The molecule has 1 aliphatic heterocycles. The lowest BCUT2D eigenvalue weighted by atomic mass is 9.79. The summed E-state index contributed by atoms with van der Waals surface area (Å²) >= 11 is 0. The number of carbonyl (C=O) groups is 2. The van der Waals surface area contributed by atoms with Crippen molar-refractivity contribution >= 4 is 11.9 Å². The van der Waals surface area contributed by atoms with E-state index in [0.717, 1.165) is 38.9 Å². The summed E-state index contributed by atoms with van der Waals surface area (Å²) in [5.74, 6) is -0.424. The van der Waals surface area contributed by atoms with Gasteiger partial charge in [-0.3, -0.25) is 9.69 Å². The smallest absolute Gasteiger partial charge is 0.326 e. The zero-order chi connectivity index (χ0) is 18.7. The van der Waals surface area contributed by atoms with Gasteiger partial charge < -0.3 is 10.4 Å². The van der Waals surface area contributed by atoms with Gasteiger partial charge in [0.1, 0.15) is 6.04 Å². The number of likely N-dealkylation sites (tertiary alicyclic amines) is 1. The van der Waals surface area contributed by atoms with Gasteiger partial charge in [-0.1, -0.05) is 50.6 Å². The van der Waals surface area contributed by atoms with Gasteiger partial charge in [-0.25, -0.2) is 4.79 Å². The molecule has 26 heavy (non-hydrogen) atoms. The summed E-state index contributed by atoms with van der Waals surface area (Å²) in [6.45, 7) is 6.46. The average molecular weight is 358 g/mol. The zero-order valence-electron chi connectivity index (χ0n) is 15.8. The summed E-state index contributed by atoms with van der Waals surface area (Å²) in [6, 6.07) is 9.53. The van der Waals surface area contributed by atoms with Crippen molar-refractivity contribution in [2.45, 2.75) is 52.1 Å². The molecule has 1 aliphatic carbocycles. The molecule has 5 nitrogen and oxygen atoms in total. The van der Waals surface area contributed by atoms with Crippen molar-refractivity contribution in [2.75, 3.05) is 13.1 Å². The Kier molecular flexibility index (Phi) is 5.66. The number of rotatable bonds is 7. The molecule has 2 N–H and O–H groups in total. The van der Waals surface area contributed by atoms with Crippen molar-refractivity contribution in [3.63, 3.8) is 0 Å². The van der Waals surface area contributed by atoms with E-state index >= 15 is 0 Å². The summed E-state index contributed by atoms with van der Waals surface area (Å²) in [4.78, 5) is 27.1.